The van der Waals surface area contributed by atoms with Crippen molar-refractivity contribution in [3.8, 4) is 5.69 Å². The quantitative estimate of drug-likeness (QED) is 0.370. The largest absolute Gasteiger partial charge is 0.372 e. The Balaban J connectivity index is 1.61. The number of nitrogens with zero attached hydrogens (tertiary/aromatic N) is 4. The summed E-state index contributed by atoms with van der Waals surface area (Å²) >= 11 is 12.1. The summed E-state index contributed by atoms with van der Waals surface area (Å²) in [6, 6.07) is 16.7. The second kappa shape index (κ2) is 9.18. The summed E-state index contributed by atoms with van der Waals surface area (Å²) in [5.41, 5.74) is 5.34. The summed E-state index contributed by atoms with van der Waals surface area (Å²) in [5.74, 6) is -0.312. The summed E-state index contributed by atoms with van der Waals surface area (Å²) < 4.78 is 0. The fourth-order valence-corrected chi connectivity index (χ4v) is 4.06. The molecule has 0 unspecified atom stereocenters. The molecule has 0 radical (unpaired) electrons. The van der Waals surface area contributed by atoms with Gasteiger partial charge in [-0.3, -0.25) is 4.79 Å². The molecule has 1 heterocycles. The number of fused-ring (bicyclic) bond motifs is 1. The molecule has 0 spiro atoms. The molecule has 0 fully saturated rings. The van der Waals surface area contributed by atoms with E-state index in [0.29, 0.717) is 26.8 Å². The van der Waals surface area contributed by atoms with E-state index in [4.69, 9.17) is 23.2 Å². The number of nitrogens with one attached hydrogen (secondary N) is 1. The lowest BCUT2D eigenvalue weighted by atomic mass is 10.1. The molecule has 0 aliphatic rings. The number of carbonyl (C=O) groups is 1. The van der Waals surface area contributed by atoms with E-state index in [1.54, 1.807) is 23.0 Å². The Kier molecular flexibility index (Phi) is 6.35. The number of halogens is 2. The minimum Gasteiger partial charge on any atom is -0.372 e. The van der Waals surface area contributed by atoms with Crippen LogP contribution < -0.4 is 10.2 Å². The molecule has 4 rings (SSSR count). The molecule has 0 aliphatic heterocycles. The highest BCUT2D eigenvalue weighted by Crippen LogP contribution is 2.26. The van der Waals surface area contributed by atoms with E-state index >= 15 is 0 Å². The van der Waals surface area contributed by atoms with Crippen LogP contribution in [0.4, 0.5) is 11.4 Å². The number of anilines is 2. The van der Waals surface area contributed by atoms with Crippen molar-refractivity contribution >= 4 is 51.5 Å². The van der Waals surface area contributed by atoms with Crippen molar-refractivity contribution < 1.29 is 4.79 Å². The number of hydrogen-bond donors (Lipinski definition) is 1. The Morgan fingerprint density at radius 2 is 1.62 bits per heavy atom. The SMILES string of the molecule is CCN(CC)c1ccc(-n2nc3cc(C)c(NC(=O)c4ccc(Cl)cc4Cl)cc3n2)cc1. The van der Waals surface area contributed by atoms with Gasteiger partial charge in [0.1, 0.15) is 11.0 Å². The first kappa shape index (κ1) is 22.1. The number of rotatable bonds is 6. The molecule has 164 valence electrons. The summed E-state index contributed by atoms with van der Waals surface area (Å²) in [6.45, 7) is 8.09. The standard InChI is InChI=1S/C24H23Cl2N5O/c1-4-30(5-2)17-7-9-18(10-8-17)31-28-22-12-15(3)21(14-23(22)29-31)27-24(32)19-11-6-16(25)13-20(19)26/h6-14H,4-5H2,1-3H3,(H,27,32). The smallest absolute Gasteiger partial charge is 0.257 e. The van der Waals surface area contributed by atoms with E-state index in [-0.39, 0.29) is 5.91 Å². The van der Waals surface area contributed by atoms with Gasteiger partial charge in [-0.05, 0) is 80.9 Å². The van der Waals surface area contributed by atoms with E-state index in [1.165, 1.54) is 0 Å². The second-order valence-corrected chi connectivity index (χ2v) is 8.26. The fraction of sp³-hybridized carbons (Fsp3) is 0.208. The minimum atomic E-state index is -0.312. The van der Waals surface area contributed by atoms with Gasteiger partial charge in [-0.2, -0.15) is 4.80 Å². The van der Waals surface area contributed by atoms with Gasteiger partial charge in [0.25, 0.3) is 5.91 Å². The lowest BCUT2D eigenvalue weighted by Gasteiger charge is -2.20. The van der Waals surface area contributed by atoms with Crippen LogP contribution in [0.5, 0.6) is 0 Å². The van der Waals surface area contributed by atoms with Crippen molar-refractivity contribution in [2.24, 2.45) is 0 Å². The van der Waals surface area contributed by atoms with Crippen LogP contribution in [-0.4, -0.2) is 34.0 Å². The highest BCUT2D eigenvalue weighted by atomic mass is 35.5. The summed E-state index contributed by atoms with van der Waals surface area (Å²) in [7, 11) is 0. The Morgan fingerprint density at radius 1 is 0.969 bits per heavy atom. The van der Waals surface area contributed by atoms with Crippen LogP contribution in [-0.2, 0) is 0 Å². The highest BCUT2D eigenvalue weighted by Gasteiger charge is 2.14. The van der Waals surface area contributed by atoms with Crippen LogP contribution >= 0.6 is 23.2 Å². The Bertz CT molecular complexity index is 1280. The molecule has 8 heteroatoms. The monoisotopic (exact) mass is 467 g/mol. The Hall–Kier alpha value is -3.09. The molecule has 3 aromatic carbocycles. The predicted molar refractivity (Wildman–Crippen MR) is 132 cm³/mol. The van der Waals surface area contributed by atoms with Gasteiger partial charge in [0.15, 0.2) is 0 Å². The van der Waals surface area contributed by atoms with Crippen molar-refractivity contribution in [3.63, 3.8) is 0 Å². The third kappa shape index (κ3) is 4.42. The minimum absolute atomic E-state index is 0.299. The summed E-state index contributed by atoms with van der Waals surface area (Å²) in [6.07, 6.45) is 0. The molecule has 1 amide bonds. The number of benzene rings is 3. The zero-order valence-electron chi connectivity index (χ0n) is 18.1. The maximum atomic E-state index is 12.7. The lowest BCUT2D eigenvalue weighted by Crippen LogP contribution is -2.21. The lowest BCUT2D eigenvalue weighted by molar-refractivity contribution is 0.102. The third-order valence-corrected chi connectivity index (χ3v) is 5.91. The van der Waals surface area contributed by atoms with Crippen molar-refractivity contribution in [2.75, 3.05) is 23.3 Å². The molecule has 0 bridgehead atoms. The molecule has 6 nitrogen and oxygen atoms in total. The maximum Gasteiger partial charge on any atom is 0.257 e. The van der Waals surface area contributed by atoms with Crippen LogP contribution in [0.3, 0.4) is 0 Å². The molecule has 1 N–H and O–H groups in total. The van der Waals surface area contributed by atoms with Crippen LogP contribution in [0, 0.1) is 6.92 Å². The van der Waals surface area contributed by atoms with Crippen LogP contribution in [0.2, 0.25) is 10.0 Å². The first-order chi connectivity index (χ1) is 15.4. The van der Waals surface area contributed by atoms with E-state index in [0.717, 1.165) is 35.5 Å². The van der Waals surface area contributed by atoms with Gasteiger partial charge < -0.3 is 10.2 Å². The molecule has 0 saturated heterocycles. The van der Waals surface area contributed by atoms with Crippen LogP contribution in [0.25, 0.3) is 16.7 Å². The average Bonchev–Trinajstić information content (AvgIpc) is 3.18. The Labute approximate surface area is 196 Å². The first-order valence-electron chi connectivity index (χ1n) is 10.4. The number of aryl methyl sites for hydroxylation is 1. The molecule has 32 heavy (non-hydrogen) atoms. The third-order valence-electron chi connectivity index (χ3n) is 5.36. The van der Waals surface area contributed by atoms with Crippen LogP contribution in [0.15, 0.2) is 54.6 Å². The van der Waals surface area contributed by atoms with Crippen LogP contribution in [0.1, 0.15) is 29.8 Å². The van der Waals surface area contributed by atoms with Crippen molar-refractivity contribution in [3.05, 3.63) is 75.8 Å². The zero-order valence-corrected chi connectivity index (χ0v) is 19.6. The average molecular weight is 468 g/mol. The summed E-state index contributed by atoms with van der Waals surface area (Å²) in [5, 5.41) is 12.9. The van der Waals surface area contributed by atoms with Gasteiger partial charge in [0.2, 0.25) is 0 Å². The predicted octanol–water partition coefficient (Wildman–Crippen LogP) is 6.13. The van der Waals surface area contributed by atoms with Crippen molar-refractivity contribution in [1.82, 2.24) is 15.0 Å². The molecule has 0 saturated carbocycles. The van der Waals surface area contributed by atoms with E-state index < -0.39 is 0 Å². The molecule has 0 aliphatic carbocycles. The van der Waals surface area contributed by atoms with Crippen molar-refractivity contribution in [2.45, 2.75) is 20.8 Å². The second-order valence-electron chi connectivity index (χ2n) is 7.41. The number of hydrogen-bond acceptors (Lipinski definition) is 4. The van der Waals surface area contributed by atoms with E-state index in [9.17, 15) is 4.79 Å². The van der Waals surface area contributed by atoms with E-state index in [2.05, 4.69) is 46.4 Å². The Morgan fingerprint density at radius 3 is 2.25 bits per heavy atom. The molecule has 0 atom stereocenters. The van der Waals surface area contributed by atoms with Gasteiger partial charge in [-0.1, -0.05) is 23.2 Å². The number of carbonyl (C=O) groups excluding carboxylic acids is 1. The van der Waals surface area contributed by atoms with E-state index in [1.807, 2.05) is 31.2 Å². The number of aromatic nitrogens is 3. The molecular weight excluding hydrogens is 445 g/mol. The molecule has 4 aromatic rings. The van der Waals surface area contributed by atoms with Gasteiger partial charge >= 0.3 is 0 Å². The first-order valence-corrected chi connectivity index (χ1v) is 11.1. The highest BCUT2D eigenvalue weighted by molar-refractivity contribution is 6.37. The normalized spacial score (nSPS) is 11.0. The maximum absolute atomic E-state index is 12.7. The van der Waals surface area contributed by atoms with Gasteiger partial charge in [0, 0.05) is 29.5 Å². The van der Waals surface area contributed by atoms with Gasteiger partial charge in [0.05, 0.1) is 16.3 Å². The number of amides is 1. The van der Waals surface area contributed by atoms with Gasteiger partial charge in [-0.15, -0.1) is 10.2 Å². The topological polar surface area (TPSA) is 63.1 Å². The zero-order chi connectivity index (χ0) is 22.8. The fourth-order valence-electron chi connectivity index (χ4n) is 3.57. The molecule has 1 aromatic heterocycles. The van der Waals surface area contributed by atoms with Crippen molar-refractivity contribution in [1.29, 1.82) is 0 Å². The summed E-state index contributed by atoms with van der Waals surface area (Å²) in [4.78, 5) is 16.6. The molecular formula is C24H23Cl2N5O. The van der Waals surface area contributed by atoms with Gasteiger partial charge in [-0.25, -0.2) is 0 Å².